The molecule has 0 fully saturated rings. The second kappa shape index (κ2) is 9.49. The van der Waals surface area contributed by atoms with Gasteiger partial charge < -0.3 is 20.5 Å². The molecule has 1 atom stereocenters. The highest BCUT2D eigenvalue weighted by atomic mass is 16.5. The number of hydrogen-bond acceptors (Lipinski definition) is 4. The molecule has 0 spiro atoms. The Bertz CT molecular complexity index is 357. The van der Waals surface area contributed by atoms with Gasteiger partial charge in [-0.05, 0) is 5.56 Å². The lowest BCUT2D eigenvalue weighted by Gasteiger charge is -2.15. The van der Waals surface area contributed by atoms with Gasteiger partial charge in [-0.1, -0.05) is 30.3 Å². The van der Waals surface area contributed by atoms with Crippen molar-refractivity contribution in [1.82, 2.24) is 5.32 Å². The molecular weight excluding hydrogens is 244 g/mol. The molecule has 0 aliphatic heterocycles. The maximum atomic E-state index is 12.0. The molecule has 1 unspecified atom stereocenters. The first-order chi connectivity index (χ1) is 9.29. The zero-order chi connectivity index (χ0) is 13.9. The van der Waals surface area contributed by atoms with Crippen LogP contribution in [0.15, 0.2) is 30.3 Å². The number of carbonyl (C=O) groups is 1. The van der Waals surface area contributed by atoms with Crippen LogP contribution < -0.4 is 11.1 Å². The van der Waals surface area contributed by atoms with Gasteiger partial charge in [0.2, 0.25) is 5.91 Å². The first-order valence-corrected chi connectivity index (χ1v) is 6.39. The molecule has 0 aliphatic carbocycles. The van der Waals surface area contributed by atoms with Crippen molar-refractivity contribution >= 4 is 5.91 Å². The van der Waals surface area contributed by atoms with Crippen LogP contribution in [0.4, 0.5) is 0 Å². The average molecular weight is 266 g/mol. The molecule has 0 bridgehead atoms. The molecule has 3 N–H and O–H groups in total. The molecule has 106 valence electrons. The van der Waals surface area contributed by atoms with Crippen molar-refractivity contribution in [3.63, 3.8) is 0 Å². The van der Waals surface area contributed by atoms with E-state index < -0.39 is 0 Å². The molecule has 1 rings (SSSR count). The van der Waals surface area contributed by atoms with E-state index >= 15 is 0 Å². The second-order valence-electron chi connectivity index (χ2n) is 4.10. The number of nitrogens with one attached hydrogen (secondary N) is 1. The fraction of sp³-hybridized carbons (Fsp3) is 0.500. The van der Waals surface area contributed by atoms with E-state index in [-0.39, 0.29) is 11.8 Å². The van der Waals surface area contributed by atoms with Crippen molar-refractivity contribution in [2.24, 2.45) is 5.73 Å². The molecule has 0 saturated heterocycles. The lowest BCUT2D eigenvalue weighted by Crippen LogP contribution is -2.35. The quantitative estimate of drug-likeness (QED) is 0.639. The Kier molecular flexibility index (Phi) is 7.81. The highest BCUT2D eigenvalue weighted by Crippen LogP contribution is 2.13. The van der Waals surface area contributed by atoms with Crippen LogP contribution in [0.5, 0.6) is 0 Å². The maximum absolute atomic E-state index is 12.0. The standard InChI is InChI=1S/C14H22N2O3/c1-18-9-10-19-8-7-16-14(17)13(11-15)12-5-3-2-4-6-12/h2-6,13H,7-11,15H2,1H3,(H,16,17). The number of nitrogens with two attached hydrogens (primary N) is 1. The van der Waals surface area contributed by atoms with Crippen molar-refractivity contribution in [1.29, 1.82) is 0 Å². The zero-order valence-corrected chi connectivity index (χ0v) is 11.3. The minimum absolute atomic E-state index is 0.0657. The summed E-state index contributed by atoms with van der Waals surface area (Å²) in [4.78, 5) is 12.0. The molecule has 0 heterocycles. The Morgan fingerprint density at radius 1 is 1.26 bits per heavy atom. The molecular formula is C14H22N2O3. The van der Waals surface area contributed by atoms with Gasteiger partial charge in [0.15, 0.2) is 0 Å². The van der Waals surface area contributed by atoms with Crippen LogP contribution in [0, 0.1) is 0 Å². The highest BCUT2D eigenvalue weighted by molar-refractivity contribution is 5.83. The first-order valence-electron chi connectivity index (χ1n) is 6.39. The number of hydrogen-bond donors (Lipinski definition) is 2. The minimum Gasteiger partial charge on any atom is -0.382 e. The van der Waals surface area contributed by atoms with Gasteiger partial charge in [0, 0.05) is 20.2 Å². The number of methoxy groups -OCH3 is 1. The third-order valence-electron chi connectivity index (χ3n) is 2.73. The predicted octanol–water partition coefficient (Wildman–Crippen LogP) is 0.508. The third kappa shape index (κ3) is 5.83. The van der Waals surface area contributed by atoms with E-state index in [2.05, 4.69) is 5.32 Å². The third-order valence-corrected chi connectivity index (χ3v) is 2.73. The van der Waals surface area contributed by atoms with Gasteiger partial charge in [-0.25, -0.2) is 0 Å². The Balaban J connectivity index is 2.31. The van der Waals surface area contributed by atoms with Crippen molar-refractivity contribution in [2.75, 3.05) is 40.0 Å². The fourth-order valence-electron chi connectivity index (χ4n) is 1.69. The van der Waals surface area contributed by atoms with Gasteiger partial charge in [0.05, 0.1) is 25.7 Å². The largest absolute Gasteiger partial charge is 0.382 e. The van der Waals surface area contributed by atoms with Crippen LogP contribution in [-0.2, 0) is 14.3 Å². The van der Waals surface area contributed by atoms with E-state index in [1.165, 1.54) is 0 Å². The molecule has 1 amide bonds. The zero-order valence-electron chi connectivity index (χ0n) is 11.3. The van der Waals surface area contributed by atoms with Crippen molar-refractivity contribution in [2.45, 2.75) is 5.92 Å². The summed E-state index contributed by atoms with van der Waals surface area (Å²) >= 11 is 0. The maximum Gasteiger partial charge on any atom is 0.228 e. The van der Waals surface area contributed by atoms with E-state index in [1.807, 2.05) is 30.3 Å². The summed E-state index contributed by atoms with van der Waals surface area (Å²) in [5.74, 6) is -0.371. The minimum atomic E-state index is -0.305. The van der Waals surface area contributed by atoms with E-state index in [1.54, 1.807) is 7.11 Å². The number of amides is 1. The molecule has 0 aromatic heterocycles. The van der Waals surface area contributed by atoms with E-state index in [0.29, 0.717) is 32.9 Å². The van der Waals surface area contributed by atoms with Gasteiger partial charge in [-0.2, -0.15) is 0 Å². The van der Waals surface area contributed by atoms with Gasteiger partial charge in [0.1, 0.15) is 0 Å². The fourth-order valence-corrected chi connectivity index (χ4v) is 1.69. The first kappa shape index (κ1) is 15.6. The van der Waals surface area contributed by atoms with Crippen LogP contribution in [0.25, 0.3) is 0 Å². The normalized spacial score (nSPS) is 12.1. The van der Waals surface area contributed by atoms with E-state index in [9.17, 15) is 4.79 Å². The Labute approximate surface area is 114 Å². The Hall–Kier alpha value is -1.43. The van der Waals surface area contributed by atoms with Gasteiger partial charge in [0.25, 0.3) is 0 Å². The Morgan fingerprint density at radius 3 is 2.63 bits per heavy atom. The van der Waals surface area contributed by atoms with Gasteiger partial charge in [-0.15, -0.1) is 0 Å². The molecule has 5 nitrogen and oxygen atoms in total. The van der Waals surface area contributed by atoms with Crippen LogP contribution >= 0.6 is 0 Å². The van der Waals surface area contributed by atoms with E-state index in [4.69, 9.17) is 15.2 Å². The SMILES string of the molecule is COCCOCCNC(=O)C(CN)c1ccccc1. The molecule has 0 aliphatic rings. The lowest BCUT2D eigenvalue weighted by molar-refractivity contribution is -0.122. The summed E-state index contributed by atoms with van der Waals surface area (Å²) in [6.45, 7) is 2.34. The Morgan fingerprint density at radius 2 is 2.00 bits per heavy atom. The van der Waals surface area contributed by atoms with Crippen LogP contribution in [-0.4, -0.2) is 45.9 Å². The summed E-state index contributed by atoms with van der Waals surface area (Å²) in [6.07, 6.45) is 0. The summed E-state index contributed by atoms with van der Waals surface area (Å²) < 4.78 is 10.1. The summed E-state index contributed by atoms with van der Waals surface area (Å²) in [7, 11) is 1.62. The molecule has 19 heavy (non-hydrogen) atoms. The highest BCUT2D eigenvalue weighted by Gasteiger charge is 2.17. The summed E-state index contributed by atoms with van der Waals surface area (Å²) in [6, 6.07) is 9.54. The topological polar surface area (TPSA) is 73.6 Å². The number of carbonyl (C=O) groups excluding carboxylic acids is 1. The van der Waals surface area contributed by atoms with Crippen molar-refractivity contribution in [3.05, 3.63) is 35.9 Å². The van der Waals surface area contributed by atoms with Gasteiger partial charge in [-0.3, -0.25) is 4.79 Å². The molecule has 1 aromatic carbocycles. The monoisotopic (exact) mass is 266 g/mol. The smallest absolute Gasteiger partial charge is 0.228 e. The van der Waals surface area contributed by atoms with Crippen molar-refractivity contribution in [3.8, 4) is 0 Å². The van der Waals surface area contributed by atoms with Crippen LogP contribution in [0.2, 0.25) is 0 Å². The number of benzene rings is 1. The van der Waals surface area contributed by atoms with E-state index in [0.717, 1.165) is 5.56 Å². The molecule has 0 radical (unpaired) electrons. The predicted molar refractivity (Wildman–Crippen MR) is 73.9 cm³/mol. The lowest BCUT2D eigenvalue weighted by atomic mass is 9.98. The van der Waals surface area contributed by atoms with Gasteiger partial charge >= 0.3 is 0 Å². The van der Waals surface area contributed by atoms with Crippen LogP contribution in [0.3, 0.4) is 0 Å². The molecule has 0 saturated carbocycles. The molecule has 1 aromatic rings. The van der Waals surface area contributed by atoms with Crippen LogP contribution in [0.1, 0.15) is 11.5 Å². The average Bonchev–Trinajstić information content (AvgIpc) is 2.45. The summed E-state index contributed by atoms with van der Waals surface area (Å²) in [5.41, 5.74) is 6.60. The second-order valence-corrected chi connectivity index (χ2v) is 4.10. The molecule has 5 heteroatoms. The number of rotatable bonds is 9. The van der Waals surface area contributed by atoms with Crippen molar-refractivity contribution < 1.29 is 14.3 Å². The summed E-state index contributed by atoms with van der Waals surface area (Å²) in [5, 5.41) is 2.82. The number of ether oxygens (including phenoxy) is 2.